The Hall–Kier alpha value is -4.24. The Labute approximate surface area is 216 Å². The molecule has 1 amide bonds. The maximum Gasteiger partial charge on any atom is 0.265 e. The summed E-state index contributed by atoms with van der Waals surface area (Å²) >= 11 is 1.44. The van der Waals surface area contributed by atoms with Crippen molar-refractivity contribution in [3.8, 4) is 5.69 Å². The smallest absolute Gasteiger partial charge is 0.265 e. The van der Waals surface area contributed by atoms with E-state index in [0.717, 1.165) is 11.1 Å². The molecule has 3 aromatic carbocycles. The zero-order valence-electron chi connectivity index (χ0n) is 19.6. The highest BCUT2D eigenvalue weighted by molar-refractivity contribution is 7.99. The molecule has 1 aliphatic rings. The molecule has 0 bridgehead atoms. The van der Waals surface area contributed by atoms with Crippen LogP contribution in [0.1, 0.15) is 29.6 Å². The summed E-state index contributed by atoms with van der Waals surface area (Å²) in [7, 11) is 0. The molecule has 37 heavy (non-hydrogen) atoms. The lowest BCUT2D eigenvalue weighted by atomic mass is 9.98. The SMILES string of the molecule is O=C(CC1CSc2nc3c(cnn3-c3ccc(F)cc3)c(=O)n21)NC(c1ccccc1)c1ccccc1. The van der Waals surface area contributed by atoms with E-state index >= 15 is 0 Å². The minimum absolute atomic E-state index is 0.148. The number of carbonyl (C=O) groups is 1. The topological polar surface area (TPSA) is 81.8 Å². The fourth-order valence-corrected chi connectivity index (χ4v) is 5.77. The first-order chi connectivity index (χ1) is 18.1. The number of thioether (sulfide) groups is 1. The number of amides is 1. The van der Waals surface area contributed by atoms with Crippen molar-refractivity contribution in [3.63, 3.8) is 0 Å². The standard InChI is InChI=1S/C28H22FN5O2S/c29-20-11-13-21(14-12-20)34-26-23(16-30-34)27(36)33-22(17-37-28(33)32-26)15-24(35)31-25(18-7-3-1-4-8-18)19-9-5-2-6-10-19/h1-14,16,22,25H,15,17H2,(H,31,35). The number of fused-ring (bicyclic) bond motifs is 2. The van der Waals surface area contributed by atoms with Gasteiger partial charge in [0.15, 0.2) is 10.8 Å². The number of nitrogens with zero attached hydrogens (tertiary/aromatic N) is 4. The summed E-state index contributed by atoms with van der Waals surface area (Å²) in [5, 5.41) is 8.38. The molecule has 0 fully saturated rings. The molecule has 2 aromatic heterocycles. The van der Waals surface area contributed by atoms with Gasteiger partial charge in [0.05, 0.1) is 24.0 Å². The highest BCUT2D eigenvalue weighted by Gasteiger charge is 2.30. The molecular weight excluding hydrogens is 489 g/mol. The van der Waals surface area contributed by atoms with Gasteiger partial charge in [-0.25, -0.2) is 14.1 Å². The van der Waals surface area contributed by atoms with E-state index in [1.807, 2.05) is 60.7 Å². The van der Waals surface area contributed by atoms with Crippen LogP contribution in [0, 0.1) is 5.82 Å². The van der Waals surface area contributed by atoms with E-state index < -0.39 is 0 Å². The van der Waals surface area contributed by atoms with Crippen molar-refractivity contribution in [1.29, 1.82) is 0 Å². The number of hydrogen-bond donors (Lipinski definition) is 1. The first kappa shape index (κ1) is 23.2. The van der Waals surface area contributed by atoms with Gasteiger partial charge in [-0.05, 0) is 35.4 Å². The van der Waals surface area contributed by atoms with E-state index in [9.17, 15) is 14.0 Å². The fraction of sp³-hybridized carbons (Fsp3) is 0.143. The molecule has 0 saturated heterocycles. The summed E-state index contributed by atoms with van der Waals surface area (Å²) in [6, 6.07) is 24.9. The van der Waals surface area contributed by atoms with Gasteiger partial charge in [-0.3, -0.25) is 14.2 Å². The summed E-state index contributed by atoms with van der Waals surface area (Å²) in [5.41, 5.74) is 2.75. The Kier molecular flexibility index (Phi) is 6.05. The number of nitrogens with one attached hydrogen (secondary N) is 1. The van der Waals surface area contributed by atoms with Crippen molar-refractivity contribution in [2.45, 2.75) is 23.7 Å². The molecule has 0 spiro atoms. The lowest BCUT2D eigenvalue weighted by molar-refractivity contribution is -0.122. The number of rotatable bonds is 6. The molecule has 0 radical (unpaired) electrons. The Balaban J connectivity index is 1.28. The van der Waals surface area contributed by atoms with Crippen LogP contribution in [0.4, 0.5) is 4.39 Å². The van der Waals surface area contributed by atoms with Crippen LogP contribution in [0.15, 0.2) is 101 Å². The third kappa shape index (κ3) is 4.42. The molecule has 1 unspecified atom stereocenters. The van der Waals surface area contributed by atoms with E-state index in [1.165, 1.54) is 34.8 Å². The summed E-state index contributed by atoms with van der Waals surface area (Å²) in [4.78, 5) is 31.4. The van der Waals surface area contributed by atoms with E-state index in [0.29, 0.717) is 27.6 Å². The van der Waals surface area contributed by atoms with Crippen LogP contribution in [-0.4, -0.2) is 31.0 Å². The average Bonchev–Trinajstić information content (AvgIpc) is 3.54. The van der Waals surface area contributed by atoms with Gasteiger partial charge in [-0.2, -0.15) is 5.10 Å². The van der Waals surface area contributed by atoms with Crippen molar-refractivity contribution in [2.24, 2.45) is 0 Å². The molecule has 184 valence electrons. The van der Waals surface area contributed by atoms with E-state index in [1.54, 1.807) is 16.7 Å². The third-order valence-electron chi connectivity index (χ3n) is 6.43. The number of carbonyl (C=O) groups excluding carboxylic acids is 1. The number of aromatic nitrogens is 4. The van der Waals surface area contributed by atoms with Crippen molar-refractivity contribution in [2.75, 3.05) is 5.75 Å². The number of halogens is 1. The van der Waals surface area contributed by atoms with Gasteiger partial charge >= 0.3 is 0 Å². The number of hydrogen-bond acceptors (Lipinski definition) is 5. The predicted octanol–water partition coefficient (Wildman–Crippen LogP) is 4.66. The Bertz CT molecular complexity index is 1600. The van der Waals surface area contributed by atoms with Gasteiger partial charge in [0.2, 0.25) is 5.91 Å². The second-order valence-corrected chi connectivity index (χ2v) is 9.82. The lowest BCUT2D eigenvalue weighted by Crippen LogP contribution is -2.33. The molecule has 1 atom stereocenters. The molecule has 5 aromatic rings. The fourth-order valence-electron chi connectivity index (χ4n) is 4.64. The maximum absolute atomic E-state index is 13.4. The summed E-state index contributed by atoms with van der Waals surface area (Å²) < 4.78 is 16.5. The Morgan fingerprint density at radius 2 is 1.65 bits per heavy atom. The first-order valence-electron chi connectivity index (χ1n) is 11.9. The molecule has 7 nitrogen and oxygen atoms in total. The third-order valence-corrected chi connectivity index (χ3v) is 7.53. The van der Waals surface area contributed by atoms with Crippen LogP contribution in [0.3, 0.4) is 0 Å². The maximum atomic E-state index is 13.4. The zero-order valence-corrected chi connectivity index (χ0v) is 20.4. The monoisotopic (exact) mass is 511 g/mol. The van der Waals surface area contributed by atoms with Crippen LogP contribution in [0.25, 0.3) is 16.7 Å². The molecule has 9 heteroatoms. The van der Waals surface area contributed by atoms with Gasteiger partial charge < -0.3 is 5.32 Å². The van der Waals surface area contributed by atoms with Gasteiger partial charge in [-0.15, -0.1) is 0 Å². The van der Waals surface area contributed by atoms with Crippen LogP contribution >= 0.6 is 11.8 Å². The summed E-state index contributed by atoms with van der Waals surface area (Å²) in [6.07, 6.45) is 1.62. The average molecular weight is 512 g/mol. The van der Waals surface area contributed by atoms with Crippen LogP contribution in [0.5, 0.6) is 0 Å². The molecule has 6 rings (SSSR count). The van der Waals surface area contributed by atoms with Gasteiger partial charge in [0, 0.05) is 12.2 Å². The van der Waals surface area contributed by atoms with Crippen molar-refractivity contribution in [1.82, 2.24) is 24.6 Å². The normalized spacial score (nSPS) is 14.7. The second kappa shape index (κ2) is 9.67. The zero-order chi connectivity index (χ0) is 25.4. The summed E-state index contributed by atoms with van der Waals surface area (Å²) in [6.45, 7) is 0. The molecular formula is C28H22FN5O2S. The van der Waals surface area contributed by atoms with E-state index in [2.05, 4.69) is 15.4 Å². The Morgan fingerprint density at radius 3 is 2.30 bits per heavy atom. The molecule has 1 N–H and O–H groups in total. The minimum Gasteiger partial charge on any atom is -0.345 e. The van der Waals surface area contributed by atoms with Crippen molar-refractivity contribution >= 4 is 28.7 Å². The largest absolute Gasteiger partial charge is 0.345 e. The first-order valence-corrected chi connectivity index (χ1v) is 12.9. The molecule has 0 aliphatic carbocycles. The summed E-state index contributed by atoms with van der Waals surface area (Å²) in [5.74, 6) is 0.0610. The quantitative estimate of drug-likeness (QED) is 0.335. The van der Waals surface area contributed by atoms with Crippen LogP contribution in [0.2, 0.25) is 0 Å². The minimum atomic E-state index is -0.354. The van der Waals surface area contributed by atoms with Crippen molar-refractivity contribution in [3.05, 3.63) is 118 Å². The van der Waals surface area contributed by atoms with Crippen LogP contribution in [-0.2, 0) is 4.79 Å². The van der Waals surface area contributed by atoms with Crippen LogP contribution < -0.4 is 10.9 Å². The predicted molar refractivity (Wildman–Crippen MR) is 140 cm³/mol. The van der Waals surface area contributed by atoms with Gasteiger partial charge in [0.1, 0.15) is 11.2 Å². The lowest BCUT2D eigenvalue weighted by Gasteiger charge is -2.21. The number of benzene rings is 3. The van der Waals surface area contributed by atoms with Gasteiger partial charge in [-0.1, -0.05) is 72.4 Å². The molecule has 1 aliphatic heterocycles. The second-order valence-electron chi connectivity index (χ2n) is 8.83. The molecule has 0 saturated carbocycles. The highest BCUT2D eigenvalue weighted by atomic mass is 32.2. The molecule has 3 heterocycles. The van der Waals surface area contributed by atoms with E-state index in [-0.39, 0.29) is 35.8 Å². The van der Waals surface area contributed by atoms with Crippen molar-refractivity contribution < 1.29 is 9.18 Å². The Morgan fingerprint density at radius 1 is 1.00 bits per heavy atom. The van der Waals surface area contributed by atoms with Gasteiger partial charge in [0.25, 0.3) is 5.56 Å². The highest BCUT2D eigenvalue weighted by Crippen LogP contribution is 2.34. The van der Waals surface area contributed by atoms with E-state index in [4.69, 9.17) is 0 Å².